The maximum atomic E-state index is 13.0. The molecule has 12 heteroatoms. The van der Waals surface area contributed by atoms with E-state index in [0.717, 1.165) is 26.8 Å². The number of imidazole rings is 1. The number of nitrogens with zero attached hydrogens (tertiary/aromatic N) is 5. The molecule has 0 N–H and O–H groups in total. The number of halogens is 1. The summed E-state index contributed by atoms with van der Waals surface area (Å²) in [6.07, 6.45) is 0. The summed E-state index contributed by atoms with van der Waals surface area (Å²) < 4.78 is 16.0. The summed E-state index contributed by atoms with van der Waals surface area (Å²) >= 11 is 9.51. The largest absolute Gasteiger partial charge is 0.454 e. The van der Waals surface area contributed by atoms with Gasteiger partial charge in [0, 0.05) is 30.9 Å². The summed E-state index contributed by atoms with van der Waals surface area (Å²) in [5.41, 5.74) is 0.567. The van der Waals surface area contributed by atoms with Crippen LogP contribution in [-0.4, -0.2) is 42.2 Å². The lowest BCUT2D eigenvalue weighted by Gasteiger charge is -2.11. The Morgan fingerprint density at radius 1 is 1.20 bits per heavy atom. The predicted molar refractivity (Wildman–Crippen MR) is 118 cm³/mol. The van der Waals surface area contributed by atoms with Crippen LogP contribution in [0.25, 0.3) is 11.2 Å². The molecule has 0 atom stereocenters. The van der Waals surface area contributed by atoms with Crippen LogP contribution in [0.1, 0.15) is 5.56 Å². The average molecular weight is 466 g/mol. The van der Waals surface area contributed by atoms with Gasteiger partial charge in [-0.25, -0.2) is 9.78 Å². The highest BCUT2D eigenvalue weighted by atomic mass is 35.5. The molecule has 0 radical (unpaired) electrons. The molecule has 0 saturated heterocycles. The van der Waals surface area contributed by atoms with Gasteiger partial charge in [0.2, 0.25) is 6.79 Å². The predicted octanol–water partition coefficient (Wildman–Crippen LogP) is 2.06. The fourth-order valence-electron chi connectivity index (χ4n) is 3.36. The molecule has 2 aliphatic rings. The van der Waals surface area contributed by atoms with E-state index in [4.69, 9.17) is 21.1 Å². The Bertz CT molecular complexity index is 1340. The fraction of sp³-hybridized carbons (Fsp3) is 0.333. The Labute approximate surface area is 183 Å². The van der Waals surface area contributed by atoms with Gasteiger partial charge in [-0.05, 0) is 23.4 Å². The zero-order valence-electron chi connectivity index (χ0n) is 16.0. The molecular weight excluding hydrogens is 450 g/mol. The molecule has 0 fully saturated rings. The zero-order valence-corrected chi connectivity index (χ0v) is 18.4. The molecule has 0 saturated carbocycles. The summed E-state index contributed by atoms with van der Waals surface area (Å²) in [6, 6.07) is 3.51. The van der Waals surface area contributed by atoms with E-state index < -0.39 is 11.2 Å². The van der Waals surface area contributed by atoms with Crippen LogP contribution >= 0.6 is 35.1 Å². The molecule has 0 bridgehead atoms. The van der Waals surface area contributed by atoms with Crippen molar-refractivity contribution in [2.45, 2.75) is 11.7 Å². The molecule has 9 nitrogen and oxygen atoms in total. The van der Waals surface area contributed by atoms with Crippen LogP contribution in [0.3, 0.4) is 0 Å². The number of ether oxygens (including phenoxy) is 2. The minimum absolute atomic E-state index is 0.143. The molecule has 2 aromatic heterocycles. The average Bonchev–Trinajstić information content (AvgIpc) is 3.46. The lowest BCUT2D eigenvalue weighted by Crippen LogP contribution is -2.37. The number of hydrogen-bond acceptors (Lipinski definition) is 8. The van der Waals surface area contributed by atoms with Crippen LogP contribution in [-0.2, 0) is 20.6 Å². The SMILES string of the molecule is Cn1c(=O)c2c(nc(SC3=NCCS3)n2Cc2cc3c(cc2Cl)OCO3)n(C)c1=O. The molecule has 3 aromatic rings. The Morgan fingerprint density at radius 2 is 1.97 bits per heavy atom. The molecule has 0 unspecified atom stereocenters. The van der Waals surface area contributed by atoms with Crippen molar-refractivity contribution >= 4 is 50.7 Å². The highest BCUT2D eigenvalue weighted by Gasteiger charge is 2.24. The minimum atomic E-state index is -0.428. The number of hydrogen-bond donors (Lipinski definition) is 0. The number of aliphatic imine (C=N–C) groups is 1. The van der Waals surface area contributed by atoms with Crippen LogP contribution in [0.2, 0.25) is 5.02 Å². The van der Waals surface area contributed by atoms with Crippen molar-refractivity contribution in [3.8, 4) is 11.5 Å². The summed E-state index contributed by atoms with van der Waals surface area (Å²) in [4.78, 5) is 34.5. The third kappa shape index (κ3) is 3.12. The molecule has 5 rings (SSSR count). The van der Waals surface area contributed by atoms with Crippen molar-refractivity contribution < 1.29 is 9.47 Å². The molecule has 4 heterocycles. The van der Waals surface area contributed by atoms with Crippen LogP contribution in [0.4, 0.5) is 0 Å². The first-order valence-electron chi connectivity index (χ1n) is 9.03. The van der Waals surface area contributed by atoms with Gasteiger partial charge < -0.3 is 14.0 Å². The number of aryl methyl sites for hydroxylation is 1. The van der Waals surface area contributed by atoms with E-state index in [0.29, 0.717) is 32.8 Å². The number of fused-ring (bicyclic) bond motifs is 2. The molecule has 0 aliphatic carbocycles. The van der Waals surface area contributed by atoms with E-state index in [1.165, 1.54) is 23.4 Å². The third-order valence-corrected chi connectivity index (χ3v) is 7.44. The van der Waals surface area contributed by atoms with Gasteiger partial charge in [0.05, 0.1) is 13.1 Å². The van der Waals surface area contributed by atoms with E-state index in [1.807, 2.05) is 0 Å². The topological polar surface area (TPSA) is 92.6 Å². The first-order chi connectivity index (χ1) is 14.4. The van der Waals surface area contributed by atoms with Crippen LogP contribution in [0.5, 0.6) is 11.5 Å². The summed E-state index contributed by atoms with van der Waals surface area (Å²) in [5, 5.41) is 1.07. The standard InChI is InChI=1S/C18H16ClN5O4S2/c1-22-14-13(15(25)23(2)18(22)26)24(16(21-14)30-17-20-3-4-29-17)7-9-5-11-12(6-10(9)19)28-8-27-11/h5-6H,3-4,7-8H2,1-2H3. The molecular formula is C18H16ClN5O4S2. The Morgan fingerprint density at radius 3 is 2.70 bits per heavy atom. The molecule has 156 valence electrons. The number of rotatable bonds is 3. The first-order valence-corrected chi connectivity index (χ1v) is 11.2. The van der Waals surface area contributed by atoms with E-state index in [1.54, 1.807) is 35.5 Å². The Balaban J connectivity index is 1.71. The van der Waals surface area contributed by atoms with Crippen molar-refractivity contribution in [2.75, 3.05) is 19.1 Å². The van der Waals surface area contributed by atoms with Crippen LogP contribution in [0, 0.1) is 0 Å². The van der Waals surface area contributed by atoms with Crippen LogP contribution < -0.4 is 20.7 Å². The molecule has 0 amide bonds. The van der Waals surface area contributed by atoms with Gasteiger partial charge in [-0.1, -0.05) is 23.4 Å². The molecule has 1 aromatic carbocycles. The number of thioether (sulfide) groups is 2. The Kier molecular flexibility index (Phi) is 4.83. The lowest BCUT2D eigenvalue weighted by molar-refractivity contribution is 0.174. The van der Waals surface area contributed by atoms with E-state index in [2.05, 4.69) is 9.98 Å². The first kappa shape index (κ1) is 19.6. The number of aromatic nitrogens is 4. The van der Waals surface area contributed by atoms with Gasteiger partial charge in [-0.2, -0.15) is 0 Å². The van der Waals surface area contributed by atoms with Gasteiger partial charge >= 0.3 is 5.69 Å². The van der Waals surface area contributed by atoms with Gasteiger partial charge in [0.1, 0.15) is 4.38 Å². The maximum Gasteiger partial charge on any atom is 0.332 e. The van der Waals surface area contributed by atoms with Crippen molar-refractivity contribution in [3.63, 3.8) is 0 Å². The lowest BCUT2D eigenvalue weighted by atomic mass is 10.2. The van der Waals surface area contributed by atoms with Crippen molar-refractivity contribution in [1.82, 2.24) is 18.7 Å². The highest BCUT2D eigenvalue weighted by Crippen LogP contribution is 2.38. The van der Waals surface area contributed by atoms with E-state index in [9.17, 15) is 9.59 Å². The summed E-state index contributed by atoms with van der Waals surface area (Å²) in [5.74, 6) is 2.10. The van der Waals surface area contributed by atoms with E-state index in [-0.39, 0.29) is 13.3 Å². The monoisotopic (exact) mass is 465 g/mol. The summed E-state index contributed by atoms with van der Waals surface area (Å²) in [6.45, 7) is 1.17. The highest BCUT2D eigenvalue weighted by molar-refractivity contribution is 8.39. The second-order valence-corrected chi connectivity index (χ2v) is 9.46. The van der Waals surface area contributed by atoms with Gasteiger partial charge in [-0.3, -0.25) is 18.9 Å². The molecule has 0 spiro atoms. The number of benzene rings is 1. The van der Waals surface area contributed by atoms with Crippen molar-refractivity contribution in [1.29, 1.82) is 0 Å². The third-order valence-electron chi connectivity index (χ3n) is 4.92. The second-order valence-electron chi connectivity index (χ2n) is 6.75. The maximum absolute atomic E-state index is 13.0. The fourth-order valence-corrected chi connectivity index (χ4v) is 5.53. The Hall–Kier alpha value is -2.37. The van der Waals surface area contributed by atoms with Gasteiger partial charge in [0.25, 0.3) is 5.56 Å². The van der Waals surface area contributed by atoms with Crippen LogP contribution in [0.15, 0.2) is 31.9 Å². The van der Waals surface area contributed by atoms with Gasteiger partial charge in [0.15, 0.2) is 27.8 Å². The molecule has 2 aliphatic heterocycles. The summed E-state index contributed by atoms with van der Waals surface area (Å²) in [7, 11) is 3.06. The van der Waals surface area contributed by atoms with Crippen molar-refractivity contribution in [2.24, 2.45) is 19.1 Å². The second kappa shape index (κ2) is 7.40. The quantitative estimate of drug-likeness (QED) is 0.584. The van der Waals surface area contributed by atoms with Crippen molar-refractivity contribution in [3.05, 3.63) is 43.6 Å². The minimum Gasteiger partial charge on any atom is -0.454 e. The molecule has 30 heavy (non-hydrogen) atoms. The van der Waals surface area contributed by atoms with E-state index >= 15 is 0 Å². The normalized spacial score (nSPS) is 15.2. The zero-order chi connectivity index (χ0) is 21.0. The van der Waals surface area contributed by atoms with Gasteiger partial charge in [-0.15, -0.1) is 0 Å². The smallest absolute Gasteiger partial charge is 0.332 e.